The zero-order valence-corrected chi connectivity index (χ0v) is 16.1. The first kappa shape index (κ1) is 18.1. The van der Waals surface area contributed by atoms with Gasteiger partial charge in [0.25, 0.3) is 5.91 Å². The van der Waals surface area contributed by atoms with E-state index in [0.29, 0.717) is 15.9 Å². The number of aromatic nitrogens is 1. The van der Waals surface area contributed by atoms with Gasteiger partial charge in [0.15, 0.2) is 0 Å². The number of hydrogen-bond acceptors (Lipinski definition) is 6. The Hall–Kier alpha value is -3.23. The molecule has 0 aliphatic carbocycles. The minimum absolute atomic E-state index is 0.268. The molecular weight excluding hydrogens is 394 g/mol. The number of benzene rings is 1. The molecule has 4 rings (SSSR count). The van der Waals surface area contributed by atoms with Crippen molar-refractivity contribution in [2.24, 2.45) is 0 Å². The second-order valence-electron chi connectivity index (χ2n) is 6.00. The summed E-state index contributed by atoms with van der Waals surface area (Å²) >= 11 is 2.75. The Kier molecular flexibility index (Phi) is 4.81. The number of nitrogens with one attached hydrogen (secondary N) is 1. The molecule has 4 N–H and O–H groups in total. The lowest BCUT2D eigenvalue weighted by atomic mass is 10.0. The molecule has 3 heterocycles. The normalized spacial score (nSPS) is 10.9. The standard InChI is InChI=1S/C20H15N3O3S2/c21-17-16-12(11-5-2-1-3-6-11)9-13(14-7-4-8-27-14)23-20(16)28-18(17)19(26)22-10-15(24)25/h1-9H,10,21H2,(H,22,26)(H,24,25). The van der Waals surface area contributed by atoms with Gasteiger partial charge in [-0.15, -0.1) is 22.7 Å². The van der Waals surface area contributed by atoms with E-state index >= 15 is 0 Å². The van der Waals surface area contributed by atoms with Crippen LogP contribution < -0.4 is 11.1 Å². The fraction of sp³-hybridized carbons (Fsp3) is 0.0500. The number of nitrogens with zero attached hydrogens (tertiary/aromatic N) is 1. The Bertz CT molecular complexity index is 1170. The lowest BCUT2D eigenvalue weighted by Crippen LogP contribution is -2.29. The highest BCUT2D eigenvalue weighted by Crippen LogP contribution is 2.41. The maximum atomic E-state index is 12.4. The summed E-state index contributed by atoms with van der Waals surface area (Å²) in [6.07, 6.45) is 0. The lowest BCUT2D eigenvalue weighted by molar-refractivity contribution is -0.135. The second kappa shape index (κ2) is 7.41. The molecule has 0 bridgehead atoms. The predicted octanol–water partition coefficient (Wildman–Crippen LogP) is 4.09. The molecule has 3 aromatic heterocycles. The summed E-state index contributed by atoms with van der Waals surface area (Å²) < 4.78 is 0. The number of amides is 1. The molecule has 1 amide bonds. The molecule has 0 spiro atoms. The van der Waals surface area contributed by atoms with Crippen LogP contribution in [0.25, 0.3) is 31.9 Å². The van der Waals surface area contributed by atoms with Crippen LogP contribution in [0, 0.1) is 0 Å². The van der Waals surface area contributed by atoms with E-state index in [4.69, 9.17) is 15.8 Å². The minimum atomic E-state index is -1.11. The number of rotatable bonds is 5. The molecule has 0 radical (unpaired) electrons. The van der Waals surface area contributed by atoms with Crippen molar-refractivity contribution in [1.82, 2.24) is 10.3 Å². The van der Waals surface area contributed by atoms with Crippen LogP contribution in [0.4, 0.5) is 5.69 Å². The van der Waals surface area contributed by atoms with Crippen LogP contribution in [0.5, 0.6) is 0 Å². The molecule has 4 aromatic rings. The summed E-state index contributed by atoms with van der Waals surface area (Å²) in [4.78, 5) is 29.8. The monoisotopic (exact) mass is 409 g/mol. The highest BCUT2D eigenvalue weighted by Gasteiger charge is 2.22. The number of anilines is 1. The van der Waals surface area contributed by atoms with Crippen LogP contribution in [-0.2, 0) is 4.79 Å². The number of aliphatic carboxylic acids is 1. The molecule has 8 heteroatoms. The van der Waals surface area contributed by atoms with Crippen molar-refractivity contribution < 1.29 is 14.7 Å². The third-order valence-electron chi connectivity index (χ3n) is 4.16. The number of nitrogen functional groups attached to an aromatic ring is 1. The first-order chi connectivity index (χ1) is 13.5. The van der Waals surface area contributed by atoms with Gasteiger partial charge in [0.1, 0.15) is 16.3 Å². The Morgan fingerprint density at radius 2 is 1.93 bits per heavy atom. The summed E-state index contributed by atoms with van der Waals surface area (Å²) in [5.41, 5.74) is 9.29. The maximum absolute atomic E-state index is 12.4. The predicted molar refractivity (Wildman–Crippen MR) is 113 cm³/mol. The summed E-state index contributed by atoms with van der Waals surface area (Å²) in [5, 5.41) is 13.9. The van der Waals surface area contributed by atoms with Gasteiger partial charge in [-0.25, -0.2) is 4.98 Å². The maximum Gasteiger partial charge on any atom is 0.322 e. The number of carbonyl (C=O) groups is 2. The fourth-order valence-electron chi connectivity index (χ4n) is 2.92. The van der Waals surface area contributed by atoms with E-state index in [0.717, 1.165) is 21.7 Å². The van der Waals surface area contributed by atoms with E-state index in [1.54, 1.807) is 11.3 Å². The van der Waals surface area contributed by atoms with Crippen molar-refractivity contribution in [3.8, 4) is 21.7 Å². The van der Waals surface area contributed by atoms with Crippen molar-refractivity contribution in [3.05, 3.63) is 58.8 Å². The molecular formula is C20H15N3O3S2. The highest BCUT2D eigenvalue weighted by atomic mass is 32.1. The van der Waals surface area contributed by atoms with Gasteiger partial charge < -0.3 is 16.2 Å². The van der Waals surface area contributed by atoms with Crippen LogP contribution in [0.1, 0.15) is 9.67 Å². The number of fused-ring (bicyclic) bond motifs is 1. The third kappa shape index (κ3) is 3.35. The van der Waals surface area contributed by atoms with Crippen molar-refractivity contribution in [3.63, 3.8) is 0 Å². The summed E-state index contributed by atoms with van der Waals surface area (Å²) in [5.74, 6) is -1.63. The fourth-order valence-corrected chi connectivity index (χ4v) is 4.64. The molecule has 0 fully saturated rings. The van der Waals surface area contributed by atoms with E-state index < -0.39 is 18.4 Å². The number of pyridine rings is 1. The Balaban J connectivity index is 1.92. The van der Waals surface area contributed by atoms with Crippen molar-refractivity contribution in [1.29, 1.82) is 0 Å². The molecule has 1 aromatic carbocycles. The van der Waals surface area contributed by atoms with Gasteiger partial charge in [-0.3, -0.25) is 9.59 Å². The SMILES string of the molecule is Nc1c(C(=O)NCC(=O)O)sc2nc(-c3cccs3)cc(-c3ccccc3)c12. The number of carboxylic acid groups (broad SMARTS) is 1. The number of carbonyl (C=O) groups excluding carboxylic acids is 1. The van der Waals surface area contributed by atoms with Crippen molar-refractivity contribution in [2.45, 2.75) is 0 Å². The lowest BCUT2D eigenvalue weighted by Gasteiger charge is -2.08. The van der Waals surface area contributed by atoms with Gasteiger partial charge >= 0.3 is 5.97 Å². The Labute approximate surface area is 168 Å². The van der Waals surface area contributed by atoms with Gasteiger partial charge in [-0.2, -0.15) is 0 Å². The van der Waals surface area contributed by atoms with E-state index in [1.807, 2.05) is 53.9 Å². The zero-order chi connectivity index (χ0) is 19.7. The molecule has 140 valence electrons. The summed E-state index contributed by atoms with van der Waals surface area (Å²) in [6, 6.07) is 15.7. The molecule has 0 atom stereocenters. The second-order valence-corrected chi connectivity index (χ2v) is 7.95. The molecule has 28 heavy (non-hydrogen) atoms. The quantitative estimate of drug-likeness (QED) is 0.460. The third-order valence-corrected chi connectivity index (χ3v) is 6.15. The average molecular weight is 409 g/mol. The number of thiophene rings is 2. The van der Waals surface area contributed by atoms with E-state index in [9.17, 15) is 9.59 Å². The molecule has 0 unspecified atom stereocenters. The number of hydrogen-bond donors (Lipinski definition) is 3. The van der Waals surface area contributed by atoms with Crippen LogP contribution in [0.2, 0.25) is 0 Å². The van der Waals surface area contributed by atoms with Crippen LogP contribution in [0.15, 0.2) is 53.9 Å². The molecule has 0 saturated carbocycles. The first-order valence-corrected chi connectivity index (χ1v) is 10.1. The van der Waals surface area contributed by atoms with Gasteiger partial charge in [0.05, 0.1) is 16.3 Å². The van der Waals surface area contributed by atoms with Gasteiger partial charge in [0.2, 0.25) is 0 Å². The largest absolute Gasteiger partial charge is 0.480 e. The molecule has 0 aliphatic rings. The highest BCUT2D eigenvalue weighted by molar-refractivity contribution is 7.21. The van der Waals surface area contributed by atoms with Gasteiger partial charge in [-0.05, 0) is 28.6 Å². The summed E-state index contributed by atoms with van der Waals surface area (Å²) in [6.45, 7) is -0.466. The molecule has 0 saturated heterocycles. The van der Waals surface area contributed by atoms with Gasteiger partial charge in [0, 0.05) is 5.39 Å². The topological polar surface area (TPSA) is 105 Å². The zero-order valence-electron chi connectivity index (χ0n) is 14.5. The van der Waals surface area contributed by atoms with E-state index in [-0.39, 0.29) is 4.88 Å². The first-order valence-electron chi connectivity index (χ1n) is 8.37. The van der Waals surface area contributed by atoms with Crippen LogP contribution in [-0.4, -0.2) is 28.5 Å². The molecule has 0 aliphatic heterocycles. The van der Waals surface area contributed by atoms with E-state index in [2.05, 4.69) is 5.32 Å². The Morgan fingerprint density at radius 3 is 2.61 bits per heavy atom. The Morgan fingerprint density at radius 1 is 1.14 bits per heavy atom. The van der Waals surface area contributed by atoms with Gasteiger partial charge in [-0.1, -0.05) is 36.4 Å². The smallest absolute Gasteiger partial charge is 0.322 e. The number of nitrogens with two attached hydrogens (primary N) is 1. The van der Waals surface area contributed by atoms with Crippen LogP contribution in [0.3, 0.4) is 0 Å². The van der Waals surface area contributed by atoms with Crippen LogP contribution >= 0.6 is 22.7 Å². The van der Waals surface area contributed by atoms with Crippen molar-refractivity contribution >= 4 is 50.5 Å². The molecule has 6 nitrogen and oxygen atoms in total. The van der Waals surface area contributed by atoms with Crippen molar-refractivity contribution in [2.75, 3.05) is 12.3 Å². The number of carboxylic acids is 1. The van der Waals surface area contributed by atoms with E-state index in [1.165, 1.54) is 11.3 Å². The minimum Gasteiger partial charge on any atom is -0.480 e. The average Bonchev–Trinajstić information content (AvgIpc) is 3.35. The summed E-state index contributed by atoms with van der Waals surface area (Å²) in [7, 11) is 0.